The van der Waals surface area contributed by atoms with Crippen molar-refractivity contribution < 1.29 is 9.21 Å². The molecular weight excluding hydrogens is 302 g/mol. The van der Waals surface area contributed by atoms with Crippen LogP contribution < -0.4 is 10.6 Å². The molecule has 2 heterocycles. The van der Waals surface area contributed by atoms with Crippen LogP contribution in [0.25, 0.3) is 6.08 Å². The van der Waals surface area contributed by atoms with Crippen LogP contribution in [0, 0.1) is 0 Å². The summed E-state index contributed by atoms with van der Waals surface area (Å²) in [5.41, 5.74) is 1.76. The fraction of sp³-hybridized carbons (Fsp3) is 0.316. The van der Waals surface area contributed by atoms with Gasteiger partial charge < -0.3 is 20.0 Å². The maximum Gasteiger partial charge on any atom is 0.248 e. The van der Waals surface area contributed by atoms with Gasteiger partial charge >= 0.3 is 0 Å². The van der Waals surface area contributed by atoms with Crippen LogP contribution in [0.5, 0.6) is 0 Å². The van der Waals surface area contributed by atoms with Gasteiger partial charge in [-0.2, -0.15) is 0 Å². The molecule has 1 aliphatic rings. The zero-order valence-electron chi connectivity index (χ0n) is 13.9. The Morgan fingerprint density at radius 3 is 2.62 bits per heavy atom. The fourth-order valence-electron chi connectivity index (χ4n) is 2.81. The largest absolute Gasteiger partial charge is 0.465 e. The van der Waals surface area contributed by atoms with Crippen LogP contribution >= 0.6 is 0 Å². The summed E-state index contributed by atoms with van der Waals surface area (Å²) in [4.78, 5) is 14.5. The number of rotatable bonds is 5. The first-order valence-electron chi connectivity index (χ1n) is 8.27. The third-order valence-corrected chi connectivity index (χ3v) is 4.21. The standard InChI is InChI=1S/C19H23N3O2/c1-22-12-10-15(11-13-22)20-17-6-2-3-7-18(17)21-19(23)9-8-16-5-4-14-24-16/h2-9,14-15,20H,10-13H2,1H3,(H,21,23)/b9-8-. The highest BCUT2D eigenvalue weighted by Crippen LogP contribution is 2.24. The van der Waals surface area contributed by atoms with E-state index in [9.17, 15) is 4.79 Å². The van der Waals surface area contributed by atoms with Crippen molar-refractivity contribution >= 4 is 23.4 Å². The SMILES string of the molecule is CN1CCC(Nc2ccccc2NC(=O)/C=C\c2ccco2)CC1. The molecule has 5 heteroatoms. The number of likely N-dealkylation sites (tertiary alicyclic amines) is 1. The van der Waals surface area contributed by atoms with E-state index in [2.05, 4.69) is 22.6 Å². The van der Waals surface area contributed by atoms with Crippen molar-refractivity contribution in [1.82, 2.24) is 4.90 Å². The Morgan fingerprint density at radius 1 is 1.17 bits per heavy atom. The smallest absolute Gasteiger partial charge is 0.248 e. The molecule has 2 aromatic rings. The molecule has 1 aromatic carbocycles. The first kappa shape index (κ1) is 16.3. The molecule has 3 rings (SSSR count). The van der Waals surface area contributed by atoms with Crippen LogP contribution in [-0.2, 0) is 4.79 Å². The lowest BCUT2D eigenvalue weighted by atomic mass is 10.0. The molecule has 126 valence electrons. The van der Waals surface area contributed by atoms with Gasteiger partial charge in [0.25, 0.3) is 0 Å². The second-order valence-corrected chi connectivity index (χ2v) is 6.11. The molecule has 0 atom stereocenters. The second-order valence-electron chi connectivity index (χ2n) is 6.11. The third kappa shape index (κ3) is 4.49. The van der Waals surface area contributed by atoms with E-state index in [4.69, 9.17) is 4.42 Å². The first-order valence-corrected chi connectivity index (χ1v) is 8.27. The minimum absolute atomic E-state index is 0.177. The van der Waals surface area contributed by atoms with Crippen LogP contribution in [0.15, 0.2) is 53.2 Å². The minimum atomic E-state index is -0.177. The molecule has 0 bridgehead atoms. The van der Waals surface area contributed by atoms with E-state index in [0.717, 1.165) is 37.3 Å². The van der Waals surface area contributed by atoms with Crippen LogP contribution in [-0.4, -0.2) is 37.0 Å². The van der Waals surface area contributed by atoms with E-state index in [1.807, 2.05) is 24.3 Å². The highest BCUT2D eigenvalue weighted by molar-refractivity contribution is 6.03. The van der Waals surface area contributed by atoms with Crippen LogP contribution in [0.2, 0.25) is 0 Å². The summed E-state index contributed by atoms with van der Waals surface area (Å²) in [6.07, 6.45) is 6.93. The third-order valence-electron chi connectivity index (χ3n) is 4.21. The zero-order valence-corrected chi connectivity index (χ0v) is 13.9. The van der Waals surface area contributed by atoms with Crippen LogP contribution in [0.1, 0.15) is 18.6 Å². The van der Waals surface area contributed by atoms with Crippen molar-refractivity contribution in [1.29, 1.82) is 0 Å². The Morgan fingerprint density at radius 2 is 1.92 bits per heavy atom. The maximum absolute atomic E-state index is 12.1. The maximum atomic E-state index is 12.1. The van der Waals surface area contributed by atoms with E-state index in [1.54, 1.807) is 24.5 Å². The molecule has 0 unspecified atom stereocenters. The number of nitrogens with zero attached hydrogens (tertiary/aromatic N) is 1. The molecule has 2 N–H and O–H groups in total. The number of benzene rings is 1. The number of piperidine rings is 1. The summed E-state index contributed by atoms with van der Waals surface area (Å²) in [7, 11) is 2.15. The Hall–Kier alpha value is -2.53. The van der Waals surface area contributed by atoms with Gasteiger partial charge in [0, 0.05) is 12.1 Å². The molecular formula is C19H23N3O2. The number of furan rings is 1. The van der Waals surface area contributed by atoms with Gasteiger partial charge in [0.2, 0.25) is 5.91 Å². The average molecular weight is 325 g/mol. The van der Waals surface area contributed by atoms with Crippen molar-refractivity contribution in [2.75, 3.05) is 30.8 Å². The summed E-state index contributed by atoms with van der Waals surface area (Å²) < 4.78 is 5.18. The summed E-state index contributed by atoms with van der Waals surface area (Å²) in [6.45, 7) is 2.19. The zero-order chi connectivity index (χ0) is 16.8. The Bertz CT molecular complexity index is 686. The number of hydrogen-bond donors (Lipinski definition) is 2. The highest BCUT2D eigenvalue weighted by atomic mass is 16.3. The number of anilines is 2. The number of para-hydroxylation sites is 2. The molecule has 5 nitrogen and oxygen atoms in total. The van der Waals surface area contributed by atoms with Gasteiger partial charge in [-0.1, -0.05) is 12.1 Å². The van der Waals surface area contributed by atoms with Gasteiger partial charge in [-0.25, -0.2) is 0 Å². The number of carbonyl (C=O) groups excluding carboxylic acids is 1. The average Bonchev–Trinajstić information content (AvgIpc) is 3.10. The lowest BCUT2D eigenvalue weighted by Gasteiger charge is -2.30. The molecule has 1 fully saturated rings. The molecule has 0 spiro atoms. The fourth-order valence-corrected chi connectivity index (χ4v) is 2.81. The van der Waals surface area contributed by atoms with Crippen molar-refractivity contribution in [2.24, 2.45) is 0 Å². The molecule has 1 amide bonds. The topological polar surface area (TPSA) is 57.5 Å². The van der Waals surface area contributed by atoms with Crippen molar-refractivity contribution in [2.45, 2.75) is 18.9 Å². The van der Waals surface area contributed by atoms with E-state index in [-0.39, 0.29) is 5.91 Å². The summed E-state index contributed by atoms with van der Waals surface area (Å²) in [6, 6.07) is 11.9. The molecule has 0 aliphatic carbocycles. The lowest BCUT2D eigenvalue weighted by molar-refractivity contribution is -0.111. The monoisotopic (exact) mass is 325 g/mol. The van der Waals surface area contributed by atoms with E-state index >= 15 is 0 Å². The first-order chi connectivity index (χ1) is 11.7. The van der Waals surface area contributed by atoms with E-state index in [0.29, 0.717) is 11.8 Å². The number of hydrogen-bond acceptors (Lipinski definition) is 4. The van der Waals surface area contributed by atoms with Gasteiger partial charge in [-0.05, 0) is 63.3 Å². The normalized spacial score (nSPS) is 16.4. The number of carbonyl (C=O) groups is 1. The highest BCUT2D eigenvalue weighted by Gasteiger charge is 2.17. The molecule has 0 saturated carbocycles. The van der Waals surface area contributed by atoms with Gasteiger partial charge in [-0.15, -0.1) is 0 Å². The van der Waals surface area contributed by atoms with Crippen molar-refractivity contribution in [3.05, 3.63) is 54.5 Å². The Kier molecular flexibility index (Phi) is 5.33. The molecule has 1 saturated heterocycles. The summed E-state index contributed by atoms with van der Waals surface area (Å²) in [5.74, 6) is 0.479. The lowest BCUT2D eigenvalue weighted by Crippen LogP contribution is -2.36. The van der Waals surface area contributed by atoms with E-state index < -0.39 is 0 Å². The summed E-state index contributed by atoms with van der Waals surface area (Å²) >= 11 is 0. The van der Waals surface area contributed by atoms with Crippen LogP contribution in [0.3, 0.4) is 0 Å². The number of amides is 1. The predicted octanol–water partition coefficient (Wildman–Crippen LogP) is 3.44. The predicted molar refractivity (Wildman–Crippen MR) is 97.0 cm³/mol. The number of nitrogens with one attached hydrogen (secondary N) is 2. The molecule has 1 aromatic heterocycles. The summed E-state index contributed by atoms with van der Waals surface area (Å²) in [5, 5.41) is 6.49. The molecule has 1 aliphatic heterocycles. The van der Waals surface area contributed by atoms with Crippen molar-refractivity contribution in [3.8, 4) is 0 Å². The Labute approximate surface area is 142 Å². The van der Waals surface area contributed by atoms with Gasteiger partial charge in [0.1, 0.15) is 5.76 Å². The van der Waals surface area contributed by atoms with Gasteiger partial charge in [0.15, 0.2) is 0 Å². The Balaban J connectivity index is 1.62. The van der Waals surface area contributed by atoms with E-state index in [1.165, 1.54) is 6.08 Å². The minimum Gasteiger partial charge on any atom is -0.465 e. The van der Waals surface area contributed by atoms with Crippen molar-refractivity contribution in [3.63, 3.8) is 0 Å². The van der Waals surface area contributed by atoms with Gasteiger partial charge in [0.05, 0.1) is 17.6 Å². The van der Waals surface area contributed by atoms with Crippen LogP contribution in [0.4, 0.5) is 11.4 Å². The molecule has 24 heavy (non-hydrogen) atoms. The quantitative estimate of drug-likeness (QED) is 0.827. The molecule has 0 radical (unpaired) electrons. The second kappa shape index (κ2) is 7.84. The van der Waals surface area contributed by atoms with Gasteiger partial charge in [-0.3, -0.25) is 4.79 Å².